The molecule has 1 fully saturated rings. The van der Waals surface area contributed by atoms with Crippen LogP contribution in [-0.4, -0.2) is 23.5 Å². The number of carboxylic acids is 1. The molecule has 2 atom stereocenters. The zero-order chi connectivity index (χ0) is 13.8. The number of hydrogen-bond acceptors (Lipinski definition) is 3. The highest BCUT2D eigenvalue weighted by Gasteiger charge is 2.34. The molecular formula is C14H17NO3S. The third-order valence-corrected chi connectivity index (χ3v) is 4.01. The molecule has 2 rings (SSSR count). The second-order valence-electron chi connectivity index (χ2n) is 4.81. The van der Waals surface area contributed by atoms with Gasteiger partial charge in [0.2, 0.25) is 5.91 Å². The average molecular weight is 279 g/mol. The number of aliphatic carboxylic acids is 1. The number of carbonyl (C=O) groups is 2. The maximum absolute atomic E-state index is 12.0. The third-order valence-electron chi connectivity index (χ3n) is 3.60. The van der Waals surface area contributed by atoms with Crippen molar-refractivity contribution >= 4 is 24.5 Å². The van der Waals surface area contributed by atoms with Gasteiger partial charge in [0.05, 0.1) is 0 Å². The number of nitrogens with one attached hydrogen (secondary N) is 1. The molecule has 102 valence electrons. The van der Waals surface area contributed by atoms with Crippen LogP contribution in [0.25, 0.3) is 0 Å². The maximum atomic E-state index is 12.0. The van der Waals surface area contributed by atoms with E-state index >= 15 is 0 Å². The van der Waals surface area contributed by atoms with Gasteiger partial charge in [0.1, 0.15) is 6.54 Å². The summed E-state index contributed by atoms with van der Waals surface area (Å²) in [5.41, 5.74) is 1.08. The monoisotopic (exact) mass is 279 g/mol. The lowest BCUT2D eigenvalue weighted by Gasteiger charge is -2.20. The van der Waals surface area contributed by atoms with Crippen LogP contribution in [-0.2, 0) is 9.59 Å². The van der Waals surface area contributed by atoms with Gasteiger partial charge in [-0.15, -0.1) is 12.6 Å². The molecular weight excluding hydrogens is 262 g/mol. The van der Waals surface area contributed by atoms with Crippen LogP contribution in [0.1, 0.15) is 30.7 Å². The van der Waals surface area contributed by atoms with Crippen molar-refractivity contribution in [1.82, 2.24) is 5.32 Å². The van der Waals surface area contributed by atoms with E-state index in [0.717, 1.165) is 29.7 Å². The molecule has 0 radical (unpaired) electrons. The molecule has 0 aliphatic heterocycles. The van der Waals surface area contributed by atoms with Crippen molar-refractivity contribution in [1.29, 1.82) is 0 Å². The van der Waals surface area contributed by atoms with Gasteiger partial charge in [-0.25, -0.2) is 0 Å². The van der Waals surface area contributed by atoms with Crippen molar-refractivity contribution in [3.05, 3.63) is 29.8 Å². The molecule has 1 saturated carbocycles. The Kier molecular flexibility index (Phi) is 4.47. The molecule has 0 bridgehead atoms. The van der Waals surface area contributed by atoms with Gasteiger partial charge < -0.3 is 10.4 Å². The summed E-state index contributed by atoms with van der Waals surface area (Å²) >= 11 is 4.44. The molecule has 4 nitrogen and oxygen atoms in total. The first-order valence-corrected chi connectivity index (χ1v) is 6.81. The summed E-state index contributed by atoms with van der Waals surface area (Å²) in [6, 6.07) is 7.78. The summed E-state index contributed by atoms with van der Waals surface area (Å²) in [7, 11) is 0. The number of rotatable bonds is 4. The van der Waals surface area contributed by atoms with Crippen LogP contribution in [0.5, 0.6) is 0 Å². The molecule has 2 N–H and O–H groups in total. The quantitative estimate of drug-likeness (QED) is 0.739. The summed E-state index contributed by atoms with van der Waals surface area (Å²) in [4.78, 5) is 23.4. The van der Waals surface area contributed by atoms with E-state index in [1.807, 2.05) is 24.3 Å². The van der Waals surface area contributed by atoms with E-state index in [4.69, 9.17) is 5.11 Å². The van der Waals surface area contributed by atoms with Crippen LogP contribution in [0, 0.1) is 5.92 Å². The number of amides is 1. The van der Waals surface area contributed by atoms with Gasteiger partial charge in [0, 0.05) is 10.8 Å². The van der Waals surface area contributed by atoms with E-state index in [0.29, 0.717) is 0 Å². The predicted octanol–water partition coefficient (Wildman–Crippen LogP) is 2.06. The second-order valence-corrected chi connectivity index (χ2v) is 5.30. The summed E-state index contributed by atoms with van der Waals surface area (Å²) in [6.45, 7) is -0.315. The molecule has 0 aromatic heterocycles. The molecule has 1 aliphatic carbocycles. The first kappa shape index (κ1) is 13.9. The van der Waals surface area contributed by atoms with Crippen molar-refractivity contribution in [2.24, 2.45) is 5.92 Å². The van der Waals surface area contributed by atoms with Crippen molar-refractivity contribution in [3.63, 3.8) is 0 Å². The zero-order valence-corrected chi connectivity index (χ0v) is 11.4. The van der Waals surface area contributed by atoms with Crippen LogP contribution in [0.15, 0.2) is 29.2 Å². The fraction of sp³-hybridized carbons (Fsp3) is 0.429. The summed E-state index contributed by atoms with van der Waals surface area (Å²) in [5.74, 6) is -1.19. The van der Waals surface area contributed by atoms with Crippen molar-refractivity contribution < 1.29 is 14.7 Å². The molecule has 0 saturated heterocycles. The highest BCUT2D eigenvalue weighted by Crippen LogP contribution is 2.41. The Morgan fingerprint density at radius 3 is 2.74 bits per heavy atom. The number of carbonyl (C=O) groups excluding carboxylic acids is 1. The van der Waals surface area contributed by atoms with Gasteiger partial charge >= 0.3 is 5.97 Å². The van der Waals surface area contributed by atoms with Crippen LogP contribution in [0.2, 0.25) is 0 Å². The number of thiol groups is 1. The largest absolute Gasteiger partial charge is 0.480 e. The summed E-state index contributed by atoms with van der Waals surface area (Å²) < 4.78 is 0. The fourth-order valence-corrected chi connectivity index (χ4v) is 3.07. The molecule has 1 amide bonds. The van der Waals surface area contributed by atoms with Crippen molar-refractivity contribution in [2.75, 3.05) is 6.54 Å². The summed E-state index contributed by atoms with van der Waals surface area (Å²) in [5, 5.41) is 11.1. The Balaban J connectivity index is 2.11. The highest BCUT2D eigenvalue weighted by molar-refractivity contribution is 7.80. The summed E-state index contributed by atoms with van der Waals surface area (Å²) in [6.07, 6.45) is 2.74. The minimum atomic E-state index is -1.02. The Hall–Kier alpha value is -1.49. The molecule has 1 aromatic carbocycles. The fourth-order valence-electron chi connectivity index (χ4n) is 2.74. The van der Waals surface area contributed by atoms with E-state index in [-0.39, 0.29) is 24.3 Å². The first-order chi connectivity index (χ1) is 9.09. The lowest BCUT2D eigenvalue weighted by molar-refractivity contribution is -0.138. The molecule has 19 heavy (non-hydrogen) atoms. The smallest absolute Gasteiger partial charge is 0.322 e. The number of hydrogen-bond donors (Lipinski definition) is 3. The lowest BCUT2D eigenvalue weighted by Crippen LogP contribution is -2.35. The molecule has 0 spiro atoms. The Labute approximate surface area is 117 Å². The lowest BCUT2D eigenvalue weighted by atomic mass is 9.88. The van der Waals surface area contributed by atoms with Crippen LogP contribution in [0.3, 0.4) is 0 Å². The number of carboxylic acid groups (broad SMARTS) is 1. The average Bonchev–Trinajstić information content (AvgIpc) is 2.85. The van der Waals surface area contributed by atoms with Crippen LogP contribution in [0.4, 0.5) is 0 Å². The Morgan fingerprint density at radius 1 is 1.32 bits per heavy atom. The van der Waals surface area contributed by atoms with Crippen LogP contribution >= 0.6 is 12.6 Å². The van der Waals surface area contributed by atoms with E-state index in [1.54, 1.807) is 0 Å². The van der Waals surface area contributed by atoms with E-state index in [2.05, 4.69) is 17.9 Å². The molecule has 5 heteroatoms. The topological polar surface area (TPSA) is 66.4 Å². The first-order valence-electron chi connectivity index (χ1n) is 6.37. The van der Waals surface area contributed by atoms with Crippen LogP contribution < -0.4 is 5.32 Å². The Bertz CT molecular complexity index is 489. The molecule has 1 aliphatic rings. The van der Waals surface area contributed by atoms with E-state index < -0.39 is 5.97 Å². The maximum Gasteiger partial charge on any atom is 0.322 e. The minimum Gasteiger partial charge on any atom is -0.480 e. The normalized spacial score (nSPS) is 22.2. The predicted molar refractivity (Wildman–Crippen MR) is 74.4 cm³/mol. The standard InChI is InChI=1S/C14H17NO3S/c16-13(17)8-15-14(18)11-6-3-5-9(11)10-4-1-2-7-12(10)19/h1-2,4,7,9,11,19H,3,5-6,8H2,(H,15,18)(H,16,17). The van der Waals surface area contributed by atoms with Gasteiger partial charge in [-0.1, -0.05) is 24.6 Å². The molecule has 2 unspecified atom stereocenters. The van der Waals surface area contributed by atoms with Gasteiger partial charge in [-0.3, -0.25) is 9.59 Å². The van der Waals surface area contributed by atoms with Gasteiger partial charge in [-0.05, 0) is 30.4 Å². The van der Waals surface area contributed by atoms with Crippen molar-refractivity contribution in [2.45, 2.75) is 30.1 Å². The number of benzene rings is 1. The van der Waals surface area contributed by atoms with Gasteiger partial charge in [-0.2, -0.15) is 0 Å². The second kappa shape index (κ2) is 6.10. The molecule has 1 aromatic rings. The van der Waals surface area contributed by atoms with Gasteiger partial charge in [0.15, 0.2) is 0 Å². The van der Waals surface area contributed by atoms with E-state index in [1.165, 1.54) is 0 Å². The van der Waals surface area contributed by atoms with Gasteiger partial charge in [0.25, 0.3) is 0 Å². The third kappa shape index (κ3) is 3.29. The zero-order valence-electron chi connectivity index (χ0n) is 10.5. The van der Waals surface area contributed by atoms with Crippen molar-refractivity contribution in [3.8, 4) is 0 Å². The highest BCUT2D eigenvalue weighted by atomic mass is 32.1. The minimum absolute atomic E-state index is 0.141. The molecule has 0 heterocycles. The van der Waals surface area contributed by atoms with E-state index in [9.17, 15) is 9.59 Å². The SMILES string of the molecule is O=C(O)CNC(=O)C1CCCC1c1ccccc1S. The Morgan fingerprint density at radius 2 is 2.05 bits per heavy atom.